The van der Waals surface area contributed by atoms with E-state index in [1.165, 1.54) is 0 Å². The fourth-order valence-corrected chi connectivity index (χ4v) is 4.48. The number of aromatic nitrogens is 2. The van der Waals surface area contributed by atoms with Crippen LogP contribution in [0.2, 0.25) is 10.0 Å². The van der Waals surface area contributed by atoms with Gasteiger partial charge in [-0.15, -0.1) is 0 Å². The SMILES string of the molecule is O=C(NS(=O)(=O)c1ccc([N+](=O)[O-])cc1)c1nn(Cc2ccc(Cl)c(Cl)c2)c2ccccc12. The van der Waals surface area contributed by atoms with Crippen molar-refractivity contribution in [1.82, 2.24) is 14.5 Å². The summed E-state index contributed by atoms with van der Waals surface area (Å²) in [5.74, 6) is -0.933. The average Bonchev–Trinajstić information content (AvgIpc) is 3.15. The molecule has 12 heteroatoms. The molecule has 33 heavy (non-hydrogen) atoms. The number of nitrogens with zero attached hydrogens (tertiary/aromatic N) is 3. The second kappa shape index (κ2) is 8.81. The molecule has 1 amide bonds. The molecule has 0 atom stereocenters. The monoisotopic (exact) mass is 504 g/mol. The Morgan fingerprint density at radius 1 is 1.03 bits per heavy atom. The van der Waals surface area contributed by atoms with Gasteiger partial charge < -0.3 is 0 Å². The summed E-state index contributed by atoms with van der Waals surface area (Å²) in [6.45, 7) is 0.264. The van der Waals surface area contributed by atoms with E-state index in [0.29, 0.717) is 20.9 Å². The van der Waals surface area contributed by atoms with E-state index in [-0.39, 0.29) is 22.8 Å². The number of fused-ring (bicyclic) bond motifs is 1. The number of halogens is 2. The standard InChI is InChI=1S/C21H14Cl2N4O5S/c22-17-10-5-13(11-18(17)23)12-26-19-4-2-1-3-16(19)20(24-26)21(28)25-33(31,32)15-8-6-14(7-9-15)27(29)30/h1-11H,12H2,(H,25,28). The molecule has 0 bridgehead atoms. The highest BCUT2D eigenvalue weighted by atomic mass is 35.5. The molecule has 0 fully saturated rings. The summed E-state index contributed by atoms with van der Waals surface area (Å²) in [7, 11) is -4.28. The van der Waals surface area contributed by atoms with Gasteiger partial charge in [-0.3, -0.25) is 19.6 Å². The summed E-state index contributed by atoms with van der Waals surface area (Å²) in [6, 6.07) is 16.2. The second-order valence-electron chi connectivity index (χ2n) is 6.96. The van der Waals surface area contributed by atoms with E-state index in [1.807, 2.05) is 4.72 Å². The summed E-state index contributed by atoms with van der Waals surface area (Å²) < 4.78 is 28.8. The van der Waals surface area contributed by atoms with Crippen LogP contribution in [0.5, 0.6) is 0 Å². The molecule has 0 spiro atoms. The van der Waals surface area contributed by atoms with Crippen molar-refractivity contribution in [1.29, 1.82) is 0 Å². The Morgan fingerprint density at radius 2 is 1.73 bits per heavy atom. The van der Waals surface area contributed by atoms with E-state index in [2.05, 4.69) is 5.10 Å². The average molecular weight is 505 g/mol. The maximum absolute atomic E-state index is 12.9. The number of hydrogen-bond donors (Lipinski definition) is 1. The van der Waals surface area contributed by atoms with Gasteiger partial charge in [-0.2, -0.15) is 5.10 Å². The molecule has 1 heterocycles. The number of carbonyl (C=O) groups excluding carboxylic acids is 1. The van der Waals surface area contributed by atoms with Crippen LogP contribution in [0.1, 0.15) is 16.1 Å². The second-order valence-corrected chi connectivity index (χ2v) is 9.45. The highest BCUT2D eigenvalue weighted by molar-refractivity contribution is 7.90. The van der Waals surface area contributed by atoms with Crippen LogP contribution in [0.15, 0.2) is 71.6 Å². The van der Waals surface area contributed by atoms with Crippen LogP contribution < -0.4 is 4.72 Å². The Kier molecular flexibility index (Phi) is 6.07. The summed E-state index contributed by atoms with van der Waals surface area (Å²) in [5.41, 5.74) is 1.04. The van der Waals surface area contributed by atoms with Crippen LogP contribution in [-0.4, -0.2) is 29.0 Å². The number of para-hydroxylation sites is 1. The van der Waals surface area contributed by atoms with Crippen molar-refractivity contribution in [2.75, 3.05) is 0 Å². The fourth-order valence-electron chi connectivity index (χ4n) is 3.20. The maximum Gasteiger partial charge on any atom is 0.286 e. The number of nitro benzene ring substituents is 1. The van der Waals surface area contributed by atoms with Crippen LogP contribution in [0.4, 0.5) is 5.69 Å². The Morgan fingerprint density at radius 3 is 2.39 bits per heavy atom. The molecule has 9 nitrogen and oxygen atoms in total. The third-order valence-electron chi connectivity index (χ3n) is 4.77. The first-order chi connectivity index (χ1) is 15.7. The van der Waals surface area contributed by atoms with E-state index in [4.69, 9.17) is 23.2 Å². The summed E-state index contributed by atoms with van der Waals surface area (Å²) >= 11 is 12.0. The van der Waals surface area contributed by atoms with Gasteiger partial charge in [-0.05, 0) is 35.9 Å². The van der Waals surface area contributed by atoms with E-state index < -0.39 is 20.9 Å². The molecular formula is C21H14Cl2N4O5S. The van der Waals surface area contributed by atoms with Crippen molar-refractivity contribution in [3.8, 4) is 0 Å². The zero-order valence-electron chi connectivity index (χ0n) is 16.6. The number of sulfonamides is 1. The van der Waals surface area contributed by atoms with Gasteiger partial charge in [-0.25, -0.2) is 13.1 Å². The van der Waals surface area contributed by atoms with Crippen LogP contribution in [0.25, 0.3) is 10.9 Å². The zero-order valence-corrected chi connectivity index (χ0v) is 18.9. The first-order valence-electron chi connectivity index (χ1n) is 9.37. The Balaban J connectivity index is 1.65. The molecule has 1 aromatic heterocycles. The van der Waals surface area contributed by atoms with E-state index in [1.54, 1.807) is 47.1 Å². The smallest absolute Gasteiger partial charge is 0.266 e. The highest BCUT2D eigenvalue weighted by Crippen LogP contribution is 2.25. The van der Waals surface area contributed by atoms with Crippen molar-refractivity contribution in [3.05, 3.63) is 98.1 Å². The molecule has 3 aromatic carbocycles. The lowest BCUT2D eigenvalue weighted by atomic mass is 10.2. The van der Waals surface area contributed by atoms with Gasteiger partial charge in [0.2, 0.25) is 0 Å². The minimum absolute atomic E-state index is 0.0869. The number of non-ortho nitro benzene ring substituents is 1. The lowest BCUT2D eigenvalue weighted by Gasteiger charge is -2.06. The molecule has 0 unspecified atom stereocenters. The summed E-state index contributed by atoms with van der Waals surface area (Å²) in [5, 5.41) is 16.3. The molecule has 0 aliphatic rings. The van der Waals surface area contributed by atoms with E-state index >= 15 is 0 Å². The van der Waals surface area contributed by atoms with Gasteiger partial charge >= 0.3 is 0 Å². The number of hydrogen-bond acceptors (Lipinski definition) is 6. The Labute approximate surface area is 197 Å². The van der Waals surface area contributed by atoms with Crippen molar-refractivity contribution in [3.63, 3.8) is 0 Å². The van der Waals surface area contributed by atoms with Gasteiger partial charge in [0.25, 0.3) is 21.6 Å². The number of benzene rings is 3. The summed E-state index contributed by atoms with van der Waals surface area (Å²) in [4.78, 5) is 22.7. The molecule has 0 saturated carbocycles. The van der Waals surface area contributed by atoms with Crippen LogP contribution in [-0.2, 0) is 16.6 Å². The van der Waals surface area contributed by atoms with Gasteiger partial charge in [0.15, 0.2) is 5.69 Å². The maximum atomic E-state index is 12.9. The molecule has 0 radical (unpaired) electrons. The third kappa shape index (κ3) is 4.68. The fraction of sp³-hybridized carbons (Fsp3) is 0.0476. The number of carbonyl (C=O) groups is 1. The van der Waals surface area contributed by atoms with Crippen LogP contribution in [0.3, 0.4) is 0 Å². The van der Waals surface area contributed by atoms with E-state index in [0.717, 1.165) is 29.8 Å². The molecular weight excluding hydrogens is 491 g/mol. The van der Waals surface area contributed by atoms with Crippen LogP contribution >= 0.6 is 23.2 Å². The first kappa shape index (κ1) is 22.7. The van der Waals surface area contributed by atoms with Gasteiger partial charge in [0, 0.05) is 17.5 Å². The highest BCUT2D eigenvalue weighted by Gasteiger charge is 2.24. The molecule has 4 rings (SSSR count). The predicted octanol–water partition coefficient (Wildman–Crippen LogP) is 4.42. The topological polar surface area (TPSA) is 124 Å². The third-order valence-corrected chi connectivity index (χ3v) is 6.86. The Hall–Kier alpha value is -3.47. The van der Waals surface area contributed by atoms with Gasteiger partial charge in [0.1, 0.15) is 0 Å². The normalized spacial score (nSPS) is 11.5. The van der Waals surface area contributed by atoms with Gasteiger partial charge in [0.05, 0.1) is 31.9 Å². The zero-order chi connectivity index (χ0) is 23.8. The van der Waals surface area contributed by atoms with E-state index in [9.17, 15) is 23.3 Å². The minimum Gasteiger partial charge on any atom is -0.266 e. The van der Waals surface area contributed by atoms with Crippen molar-refractivity contribution >= 4 is 55.7 Å². The molecule has 0 aliphatic heterocycles. The molecule has 168 valence electrons. The quantitative estimate of drug-likeness (QED) is 0.306. The minimum atomic E-state index is -4.28. The molecule has 4 aromatic rings. The molecule has 0 aliphatic carbocycles. The largest absolute Gasteiger partial charge is 0.286 e. The van der Waals surface area contributed by atoms with Gasteiger partial charge in [-0.1, -0.05) is 47.5 Å². The van der Waals surface area contributed by atoms with Crippen LogP contribution in [0, 0.1) is 10.1 Å². The number of nitro groups is 1. The number of rotatable bonds is 6. The molecule has 1 N–H and O–H groups in total. The number of nitrogens with one attached hydrogen (secondary N) is 1. The van der Waals surface area contributed by atoms with Crippen molar-refractivity contribution in [2.24, 2.45) is 0 Å². The summed E-state index contributed by atoms with van der Waals surface area (Å²) in [6.07, 6.45) is 0. The lowest BCUT2D eigenvalue weighted by Crippen LogP contribution is -2.31. The lowest BCUT2D eigenvalue weighted by molar-refractivity contribution is -0.384. The Bertz CT molecular complexity index is 1500. The predicted molar refractivity (Wildman–Crippen MR) is 123 cm³/mol. The molecule has 0 saturated heterocycles. The van der Waals surface area contributed by atoms with Crippen molar-refractivity contribution in [2.45, 2.75) is 11.4 Å². The van der Waals surface area contributed by atoms with Crippen molar-refractivity contribution < 1.29 is 18.1 Å². The number of amides is 1. The first-order valence-corrected chi connectivity index (χ1v) is 11.6.